The van der Waals surface area contributed by atoms with Crippen molar-refractivity contribution in [1.29, 1.82) is 0 Å². The third-order valence-electron chi connectivity index (χ3n) is 1.79. The first-order valence-electron chi connectivity index (χ1n) is 4.33. The second-order valence-electron chi connectivity index (χ2n) is 2.82. The number of rotatable bonds is 3. The van der Waals surface area contributed by atoms with Gasteiger partial charge in [0.2, 0.25) is 0 Å². The number of hydrogen-bond acceptors (Lipinski definition) is 4. The SMILES string of the molecule is [CH2]c1cc(C(=O)OCC)ccc1[N+](=O)[O-]. The van der Waals surface area contributed by atoms with Crippen molar-refractivity contribution in [2.45, 2.75) is 6.92 Å². The van der Waals surface area contributed by atoms with Gasteiger partial charge in [-0.15, -0.1) is 0 Å². The summed E-state index contributed by atoms with van der Waals surface area (Å²) in [6.07, 6.45) is 0. The van der Waals surface area contributed by atoms with Gasteiger partial charge in [0.15, 0.2) is 0 Å². The van der Waals surface area contributed by atoms with Crippen molar-refractivity contribution in [3.05, 3.63) is 46.4 Å². The summed E-state index contributed by atoms with van der Waals surface area (Å²) in [7, 11) is 0. The fraction of sp³-hybridized carbons (Fsp3) is 0.200. The molecule has 1 aromatic carbocycles. The molecule has 0 bridgehead atoms. The molecule has 0 fully saturated rings. The fourth-order valence-electron chi connectivity index (χ4n) is 1.11. The van der Waals surface area contributed by atoms with Gasteiger partial charge in [-0.05, 0) is 26.0 Å². The van der Waals surface area contributed by atoms with Gasteiger partial charge in [0.1, 0.15) is 0 Å². The number of hydrogen-bond donors (Lipinski definition) is 0. The Morgan fingerprint density at radius 2 is 2.27 bits per heavy atom. The van der Waals surface area contributed by atoms with Gasteiger partial charge in [-0.1, -0.05) is 0 Å². The standard InChI is InChI=1S/C10H10NO4/c1-3-15-10(12)8-4-5-9(11(13)14)7(2)6-8/h4-6H,2-3H2,1H3. The minimum absolute atomic E-state index is 0.108. The molecule has 0 atom stereocenters. The highest BCUT2D eigenvalue weighted by Crippen LogP contribution is 2.19. The first-order valence-corrected chi connectivity index (χ1v) is 4.33. The number of esters is 1. The molecule has 0 aliphatic heterocycles. The molecule has 0 saturated carbocycles. The van der Waals surface area contributed by atoms with Crippen molar-refractivity contribution in [3.63, 3.8) is 0 Å². The van der Waals surface area contributed by atoms with Gasteiger partial charge < -0.3 is 4.74 Å². The molecule has 1 rings (SSSR count). The molecule has 0 aliphatic rings. The van der Waals surface area contributed by atoms with Gasteiger partial charge in [0.05, 0.1) is 17.1 Å². The van der Waals surface area contributed by atoms with E-state index in [1.165, 1.54) is 18.2 Å². The van der Waals surface area contributed by atoms with Crippen LogP contribution in [0.15, 0.2) is 18.2 Å². The van der Waals surface area contributed by atoms with Crippen LogP contribution in [0.2, 0.25) is 0 Å². The van der Waals surface area contributed by atoms with Gasteiger partial charge in [0.25, 0.3) is 5.69 Å². The van der Waals surface area contributed by atoms with Crippen molar-refractivity contribution in [2.24, 2.45) is 0 Å². The van der Waals surface area contributed by atoms with Gasteiger partial charge in [-0.25, -0.2) is 4.79 Å². The average molecular weight is 208 g/mol. The largest absolute Gasteiger partial charge is 0.462 e. The monoisotopic (exact) mass is 208 g/mol. The molecule has 5 nitrogen and oxygen atoms in total. The lowest BCUT2D eigenvalue weighted by molar-refractivity contribution is -0.385. The maximum Gasteiger partial charge on any atom is 0.338 e. The van der Waals surface area contributed by atoms with Crippen LogP contribution < -0.4 is 0 Å². The van der Waals surface area contributed by atoms with E-state index in [1.807, 2.05) is 0 Å². The summed E-state index contributed by atoms with van der Waals surface area (Å²) in [5, 5.41) is 10.5. The van der Waals surface area contributed by atoms with Crippen LogP contribution in [0.3, 0.4) is 0 Å². The number of ether oxygens (including phenoxy) is 1. The van der Waals surface area contributed by atoms with E-state index in [0.717, 1.165) is 0 Å². The Hall–Kier alpha value is -1.91. The van der Waals surface area contributed by atoms with Crippen molar-refractivity contribution >= 4 is 11.7 Å². The lowest BCUT2D eigenvalue weighted by Crippen LogP contribution is -2.05. The highest BCUT2D eigenvalue weighted by Gasteiger charge is 2.13. The van der Waals surface area contributed by atoms with Crippen LogP contribution in [0.5, 0.6) is 0 Å². The molecule has 0 unspecified atom stereocenters. The molecule has 0 N–H and O–H groups in total. The molecular formula is C10H10NO4. The number of carbonyl (C=O) groups is 1. The van der Waals surface area contributed by atoms with Crippen molar-refractivity contribution < 1.29 is 14.5 Å². The number of nitrogens with zero attached hydrogens (tertiary/aromatic N) is 1. The van der Waals surface area contributed by atoms with Crippen LogP contribution in [-0.4, -0.2) is 17.5 Å². The third kappa shape index (κ3) is 2.52. The third-order valence-corrected chi connectivity index (χ3v) is 1.79. The van der Waals surface area contributed by atoms with Crippen LogP contribution in [0.1, 0.15) is 22.8 Å². The van der Waals surface area contributed by atoms with Crippen molar-refractivity contribution in [2.75, 3.05) is 6.61 Å². The van der Waals surface area contributed by atoms with Crippen molar-refractivity contribution in [3.8, 4) is 0 Å². The summed E-state index contributed by atoms with van der Waals surface area (Å²) in [4.78, 5) is 21.2. The average Bonchev–Trinajstić information content (AvgIpc) is 2.17. The number of benzene rings is 1. The minimum atomic E-state index is -0.544. The smallest absolute Gasteiger partial charge is 0.338 e. The zero-order chi connectivity index (χ0) is 11.4. The van der Waals surface area contributed by atoms with Crippen LogP contribution in [0.4, 0.5) is 5.69 Å². The molecule has 0 amide bonds. The van der Waals surface area contributed by atoms with E-state index >= 15 is 0 Å². The molecule has 0 aliphatic carbocycles. The molecule has 0 spiro atoms. The summed E-state index contributed by atoms with van der Waals surface area (Å²) in [5.41, 5.74) is 0.362. The number of nitro benzene ring substituents is 1. The fourth-order valence-corrected chi connectivity index (χ4v) is 1.11. The summed E-state index contributed by atoms with van der Waals surface area (Å²) >= 11 is 0. The second-order valence-corrected chi connectivity index (χ2v) is 2.82. The highest BCUT2D eigenvalue weighted by atomic mass is 16.6. The molecular weight excluding hydrogens is 198 g/mol. The van der Waals surface area contributed by atoms with E-state index in [0.29, 0.717) is 0 Å². The zero-order valence-corrected chi connectivity index (χ0v) is 8.23. The Bertz CT molecular complexity index is 400. The summed E-state index contributed by atoms with van der Waals surface area (Å²) in [5.74, 6) is -0.503. The molecule has 79 valence electrons. The van der Waals surface area contributed by atoms with E-state index in [1.54, 1.807) is 6.92 Å². The Morgan fingerprint density at radius 1 is 1.60 bits per heavy atom. The van der Waals surface area contributed by atoms with Crippen LogP contribution in [-0.2, 0) is 4.74 Å². The first-order chi connectivity index (χ1) is 7.06. The Morgan fingerprint density at radius 3 is 2.73 bits per heavy atom. The quantitative estimate of drug-likeness (QED) is 0.432. The normalized spacial score (nSPS) is 9.73. The summed E-state index contributed by atoms with van der Waals surface area (Å²) in [6, 6.07) is 3.94. The minimum Gasteiger partial charge on any atom is -0.462 e. The Balaban J connectivity index is 3.01. The zero-order valence-electron chi connectivity index (χ0n) is 8.23. The Labute approximate surface area is 86.8 Å². The second kappa shape index (κ2) is 4.54. The summed E-state index contributed by atoms with van der Waals surface area (Å²) in [6.45, 7) is 5.45. The van der Waals surface area contributed by atoms with Crippen molar-refractivity contribution in [1.82, 2.24) is 0 Å². The Kier molecular flexibility index (Phi) is 3.38. The molecule has 1 aromatic rings. The van der Waals surface area contributed by atoms with Crippen LogP contribution in [0.25, 0.3) is 0 Å². The van der Waals surface area contributed by atoms with E-state index in [9.17, 15) is 14.9 Å². The molecule has 15 heavy (non-hydrogen) atoms. The van der Waals surface area contributed by atoms with E-state index in [-0.39, 0.29) is 23.4 Å². The number of carbonyl (C=O) groups excluding carboxylic acids is 1. The van der Waals surface area contributed by atoms with Crippen LogP contribution in [0, 0.1) is 17.0 Å². The number of nitro groups is 1. The molecule has 0 heterocycles. The summed E-state index contributed by atoms with van der Waals surface area (Å²) < 4.78 is 4.75. The first kappa shape index (κ1) is 11.2. The lowest BCUT2D eigenvalue weighted by atomic mass is 10.1. The maximum atomic E-state index is 11.3. The lowest BCUT2D eigenvalue weighted by Gasteiger charge is -2.02. The van der Waals surface area contributed by atoms with Gasteiger partial charge in [-0.2, -0.15) is 0 Å². The molecule has 5 heteroatoms. The van der Waals surface area contributed by atoms with E-state index in [4.69, 9.17) is 4.74 Å². The molecule has 0 aromatic heterocycles. The highest BCUT2D eigenvalue weighted by molar-refractivity contribution is 5.90. The maximum absolute atomic E-state index is 11.3. The van der Waals surface area contributed by atoms with E-state index < -0.39 is 10.9 Å². The predicted octanol–water partition coefficient (Wildman–Crippen LogP) is 1.95. The topological polar surface area (TPSA) is 69.4 Å². The predicted molar refractivity (Wildman–Crippen MR) is 53.5 cm³/mol. The van der Waals surface area contributed by atoms with E-state index in [2.05, 4.69) is 6.92 Å². The van der Waals surface area contributed by atoms with Gasteiger partial charge in [0, 0.05) is 11.6 Å². The molecule has 0 saturated heterocycles. The molecule has 1 radical (unpaired) electrons. The van der Waals surface area contributed by atoms with Crippen LogP contribution >= 0.6 is 0 Å². The van der Waals surface area contributed by atoms with Gasteiger partial charge >= 0.3 is 5.97 Å². The van der Waals surface area contributed by atoms with Gasteiger partial charge in [-0.3, -0.25) is 10.1 Å².